The molecule has 21 heavy (non-hydrogen) atoms. The van der Waals surface area contributed by atoms with Crippen LogP contribution in [0.2, 0.25) is 0 Å². The molecule has 0 radical (unpaired) electrons. The maximum Gasteiger partial charge on any atom is 0.306 e. The molecule has 1 saturated heterocycles. The van der Waals surface area contributed by atoms with Gasteiger partial charge in [0.1, 0.15) is 0 Å². The summed E-state index contributed by atoms with van der Waals surface area (Å²) in [6, 6.07) is 0.558. The van der Waals surface area contributed by atoms with Crippen LogP contribution < -0.4 is 5.32 Å². The van der Waals surface area contributed by atoms with Crippen molar-refractivity contribution in [3.05, 3.63) is 0 Å². The molecule has 4 nitrogen and oxygen atoms in total. The molecule has 2 atom stereocenters. The summed E-state index contributed by atoms with van der Waals surface area (Å²) in [5, 5.41) is 3.71. The summed E-state index contributed by atoms with van der Waals surface area (Å²) in [7, 11) is 1.46. The highest BCUT2D eigenvalue weighted by Gasteiger charge is 2.28. The molecule has 0 aromatic rings. The predicted octanol–water partition coefficient (Wildman–Crippen LogP) is 2.53. The van der Waals surface area contributed by atoms with Crippen LogP contribution in [0.4, 0.5) is 0 Å². The first-order valence-electron chi connectivity index (χ1n) is 8.44. The van der Waals surface area contributed by atoms with Crippen molar-refractivity contribution in [2.45, 2.75) is 53.0 Å². The Kier molecular flexibility index (Phi) is 8.27. The van der Waals surface area contributed by atoms with E-state index in [2.05, 4.69) is 37.9 Å². The lowest BCUT2D eigenvalue weighted by atomic mass is 9.85. The van der Waals surface area contributed by atoms with Gasteiger partial charge in [0.05, 0.1) is 13.5 Å². The molecule has 1 rings (SSSR count). The molecule has 0 saturated carbocycles. The summed E-state index contributed by atoms with van der Waals surface area (Å²) in [6.45, 7) is 13.2. The predicted molar refractivity (Wildman–Crippen MR) is 87.3 cm³/mol. The van der Waals surface area contributed by atoms with Gasteiger partial charge in [-0.15, -0.1) is 0 Å². The van der Waals surface area contributed by atoms with E-state index in [1.54, 1.807) is 0 Å². The van der Waals surface area contributed by atoms with Gasteiger partial charge in [-0.3, -0.25) is 4.79 Å². The molecule has 1 N–H and O–H groups in total. The van der Waals surface area contributed by atoms with Crippen LogP contribution in [-0.4, -0.2) is 50.2 Å². The molecule has 1 fully saturated rings. The van der Waals surface area contributed by atoms with Gasteiger partial charge in [0.15, 0.2) is 0 Å². The number of hydrogen-bond donors (Lipinski definition) is 1. The molecule has 0 aromatic carbocycles. The Morgan fingerprint density at radius 3 is 2.57 bits per heavy atom. The number of esters is 1. The maximum atomic E-state index is 11.3. The molecule has 124 valence electrons. The quantitative estimate of drug-likeness (QED) is 0.699. The number of nitrogens with one attached hydrogen (secondary N) is 1. The van der Waals surface area contributed by atoms with Gasteiger partial charge in [0, 0.05) is 25.7 Å². The summed E-state index contributed by atoms with van der Waals surface area (Å²) in [5.74, 6) is 2.05. The fraction of sp³-hybridized carbons (Fsp3) is 0.941. The molecule has 0 bridgehead atoms. The van der Waals surface area contributed by atoms with E-state index in [4.69, 9.17) is 4.74 Å². The van der Waals surface area contributed by atoms with Crippen LogP contribution in [0.3, 0.4) is 0 Å². The van der Waals surface area contributed by atoms with Gasteiger partial charge in [-0.25, -0.2) is 0 Å². The zero-order valence-electron chi connectivity index (χ0n) is 14.5. The van der Waals surface area contributed by atoms with Crippen molar-refractivity contribution < 1.29 is 9.53 Å². The van der Waals surface area contributed by atoms with Crippen molar-refractivity contribution in [1.29, 1.82) is 0 Å². The van der Waals surface area contributed by atoms with Crippen molar-refractivity contribution in [2.24, 2.45) is 17.8 Å². The van der Waals surface area contributed by atoms with Crippen LogP contribution in [0.25, 0.3) is 0 Å². The highest BCUT2D eigenvalue weighted by atomic mass is 16.5. The lowest BCUT2D eigenvalue weighted by Gasteiger charge is -2.40. The Hall–Kier alpha value is -0.610. The topological polar surface area (TPSA) is 41.6 Å². The van der Waals surface area contributed by atoms with Crippen LogP contribution in [-0.2, 0) is 9.53 Å². The molecule has 0 aromatic heterocycles. The van der Waals surface area contributed by atoms with Gasteiger partial charge in [0.2, 0.25) is 0 Å². The lowest BCUT2D eigenvalue weighted by molar-refractivity contribution is -0.141. The van der Waals surface area contributed by atoms with Crippen LogP contribution >= 0.6 is 0 Å². The highest BCUT2D eigenvalue weighted by molar-refractivity contribution is 5.69. The number of rotatable bonds is 8. The molecular weight excluding hydrogens is 264 g/mol. The van der Waals surface area contributed by atoms with Gasteiger partial charge < -0.3 is 15.0 Å². The second kappa shape index (κ2) is 9.42. The van der Waals surface area contributed by atoms with Crippen LogP contribution in [0.15, 0.2) is 0 Å². The van der Waals surface area contributed by atoms with Gasteiger partial charge in [-0.1, -0.05) is 27.7 Å². The van der Waals surface area contributed by atoms with Crippen molar-refractivity contribution in [3.8, 4) is 0 Å². The Balaban J connectivity index is 2.45. The number of methoxy groups -OCH3 is 1. The minimum absolute atomic E-state index is 0.106. The van der Waals surface area contributed by atoms with E-state index in [1.807, 2.05) is 0 Å². The van der Waals surface area contributed by atoms with Gasteiger partial charge in [-0.05, 0) is 37.1 Å². The van der Waals surface area contributed by atoms with Crippen LogP contribution in [0.5, 0.6) is 0 Å². The minimum Gasteiger partial charge on any atom is -0.469 e. The van der Waals surface area contributed by atoms with E-state index >= 15 is 0 Å². The molecule has 1 heterocycles. The first kappa shape index (κ1) is 18.4. The molecule has 1 aliphatic rings. The molecule has 0 spiro atoms. The van der Waals surface area contributed by atoms with E-state index in [1.165, 1.54) is 20.0 Å². The monoisotopic (exact) mass is 298 g/mol. The Morgan fingerprint density at radius 1 is 1.29 bits per heavy atom. The second-order valence-corrected chi connectivity index (χ2v) is 7.16. The SMILES string of the molecule is COC(=O)CCN1CC(NCCC(C)C)CC(C(C)C)C1. The number of carbonyl (C=O) groups excluding carboxylic acids is 1. The summed E-state index contributed by atoms with van der Waals surface area (Å²) in [5.41, 5.74) is 0. The molecule has 4 heteroatoms. The molecule has 1 aliphatic heterocycles. The van der Waals surface area contributed by atoms with Crippen LogP contribution in [0.1, 0.15) is 47.0 Å². The number of nitrogens with zero attached hydrogens (tertiary/aromatic N) is 1. The standard InChI is InChI=1S/C17H34N2O2/c1-13(2)6-8-18-16-10-15(14(3)4)11-19(12-16)9-7-17(20)21-5/h13-16,18H,6-12H2,1-5H3. The van der Waals surface area contributed by atoms with E-state index < -0.39 is 0 Å². The largest absolute Gasteiger partial charge is 0.469 e. The molecular formula is C17H34N2O2. The average Bonchev–Trinajstić information content (AvgIpc) is 2.44. The Bertz CT molecular complexity index is 305. The number of piperidine rings is 1. The smallest absolute Gasteiger partial charge is 0.306 e. The Morgan fingerprint density at radius 2 is 2.00 bits per heavy atom. The van der Waals surface area contributed by atoms with Crippen LogP contribution in [0, 0.1) is 17.8 Å². The third-order valence-electron chi connectivity index (χ3n) is 4.52. The number of hydrogen-bond acceptors (Lipinski definition) is 4. The highest BCUT2D eigenvalue weighted by Crippen LogP contribution is 2.24. The summed E-state index contributed by atoms with van der Waals surface area (Å²) in [4.78, 5) is 13.8. The van der Waals surface area contributed by atoms with E-state index in [-0.39, 0.29) is 5.97 Å². The first-order chi connectivity index (χ1) is 9.92. The van der Waals surface area contributed by atoms with E-state index in [9.17, 15) is 4.79 Å². The first-order valence-corrected chi connectivity index (χ1v) is 8.44. The summed E-state index contributed by atoms with van der Waals surface area (Å²) < 4.78 is 4.75. The fourth-order valence-electron chi connectivity index (χ4n) is 2.97. The number of ether oxygens (including phenoxy) is 1. The summed E-state index contributed by atoms with van der Waals surface area (Å²) in [6.07, 6.45) is 2.98. The van der Waals surface area contributed by atoms with Gasteiger partial charge in [-0.2, -0.15) is 0 Å². The van der Waals surface area contributed by atoms with E-state index in [0.29, 0.717) is 24.3 Å². The van der Waals surface area contributed by atoms with Crippen molar-refractivity contribution in [2.75, 3.05) is 33.3 Å². The minimum atomic E-state index is -0.106. The number of likely N-dealkylation sites (tertiary alicyclic amines) is 1. The third kappa shape index (κ3) is 7.28. The molecule has 2 unspecified atom stereocenters. The molecule has 0 amide bonds. The lowest BCUT2D eigenvalue weighted by Crippen LogP contribution is -2.51. The van der Waals surface area contributed by atoms with Crippen molar-refractivity contribution in [3.63, 3.8) is 0 Å². The van der Waals surface area contributed by atoms with Crippen molar-refractivity contribution in [1.82, 2.24) is 10.2 Å². The average molecular weight is 298 g/mol. The third-order valence-corrected chi connectivity index (χ3v) is 4.52. The zero-order chi connectivity index (χ0) is 15.8. The van der Waals surface area contributed by atoms with Crippen molar-refractivity contribution >= 4 is 5.97 Å². The van der Waals surface area contributed by atoms with Gasteiger partial charge >= 0.3 is 5.97 Å². The maximum absolute atomic E-state index is 11.3. The van der Waals surface area contributed by atoms with E-state index in [0.717, 1.165) is 32.1 Å². The number of carbonyl (C=O) groups is 1. The Labute approximate surface area is 130 Å². The second-order valence-electron chi connectivity index (χ2n) is 7.16. The fourth-order valence-corrected chi connectivity index (χ4v) is 2.97. The zero-order valence-corrected chi connectivity index (χ0v) is 14.5. The van der Waals surface area contributed by atoms with Gasteiger partial charge in [0.25, 0.3) is 0 Å². The molecule has 0 aliphatic carbocycles. The summed E-state index contributed by atoms with van der Waals surface area (Å²) >= 11 is 0. The normalized spacial score (nSPS) is 23.8.